The molecule has 2 heterocycles. The molecule has 1 aromatic heterocycles. The topological polar surface area (TPSA) is 46.6 Å². The molecule has 316 valence electrons. The van der Waals surface area contributed by atoms with E-state index in [0.29, 0.717) is 17.2 Å². The number of carbonyl (C=O) groups excluding carboxylic acids is 2. The van der Waals surface area contributed by atoms with E-state index in [2.05, 4.69) is 53.4 Å². The lowest BCUT2D eigenvalue weighted by Gasteiger charge is -2.55. The molecule has 4 nitrogen and oxygen atoms in total. The predicted octanol–water partition coefficient (Wildman–Crippen LogP) is 22.1. The van der Waals surface area contributed by atoms with Crippen molar-refractivity contribution in [3.8, 4) is 5.06 Å². The number of aryl methyl sites for hydroxylation is 1. The summed E-state index contributed by atoms with van der Waals surface area (Å²) in [4.78, 5) is 29.9. The highest BCUT2D eigenvalue weighted by Crippen LogP contribution is 2.71. The molecule has 1 aliphatic carbocycles. The zero-order chi connectivity index (χ0) is 27.2. The molecule has 1 fully saturated rings. The number of Topliss-reactive ketones (excluding diaryl/α,β-unsaturated/α-hetero) is 1. The van der Waals surface area contributed by atoms with Gasteiger partial charge in [-0.05, 0) is 74.8 Å². The first-order valence-electron chi connectivity index (χ1n) is 12.8. The first kappa shape index (κ1) is 27.0. The van der Waals surface area contributed by atoms with Gasteiger partial charge in [0.05, 0.1) is 0 Å². The summed E-state index contributed by atoms with van der Waals surface area (Å²) in [6.45, 7) is 22.6. The second-order valence-corrected chi connectivity index (χ2v) is 13.5. The second-order valence-electron chi connectivity index (χ2n) is 12.4. The SMILES string of the molecule is CC(=O)Oc1cc2c(s1)C(C)C(C)(C)N(C(C)(C(=O)C1(C)C(C)C1(C)C)c1c(F)ccc(C)c1C)C2.[HH].[HH].[HH].[HH].[HH].[HH].[HH].[HH].[HH].[HH].[HH].[HH].[HH].[HH].[HH].[HH].[HH].[HH].[HH].[HH].[HH].[HH].[HH].[HH].[HH].[HH].[HH].[HH].[HH].[HH].[HH].[HH].[HH].[HH].[HH].[HH].[HH].[HH].[HH].[HH].[HH].[HH].[HH].[HH].[HH].[HH].[HH].[HH].[HH].[HH].[HH].[HH].[HH].[HH].[HH].[HH].[HH].[HH].[HH].[HH]. The van der Waals surface area contributed by atoms with E-state index < -0.39 is 16.5 Å². The maximum atomic E-state index is 15.9. The smallest absolute Gasteiger partial charge is 0.308 e. The average molecular weight is 635 g/mol. The minimum atomic E-state index is -1.20. The van der Waals surface area contributed by atoms with Crippen LogP contribution in [0.1, 0.15) is 181 Å². The highest BCUT2D eigenvalue weighted by Gasteiger charge is 2.73. The van der Waals surface area contributed by atoms with Crippen LogP contribution < -0.4 is 4.74 Å². The van der Waals surface area contributed by atoms with Gasteiger partial charge in [-0.1, -0.05) is 40.7 Å². The first-order chi connectivity index (χ1) is 16.4. The van der Waals surface area contributed by atoms with E-state index in [0.717, 1.165) is 21.6 Å². The molecule has 2 aromatic rings. The number of benzene rings is 1. The molecule has 6 heteroatoms. The summed E-state index contributed by atoms with van der Waals surface area (Å²) in [6.07, 6.45) is 0. The number of thiophene rings is 1. The van der Waals surface area contributed by atoms with Gasteiger partial charge in [-0.15, -0.1) is 11.3 Å². The molecule has 1 aromatic carbocycles. The van der Waals surface area contributed by atoms with Gasteiger partial charge in [0.15, 0.2) is 10.8 Å². The Hall–Kier alpha value is -2.05. The molecular formula is C30H160FNO3S. The van der Waals surface area contributed by atoms with E-state index in [1.807, 2.05) is 26.8 Å². The van der Waals surface area contributed by atoms with Crippen molar-refractivity contribution in [3.05, 3.63) is 51.1 Å². The molecule has 0 bridgehead atoms. The zero-order valence-corrected chi connectivity index (χ0v) is 24.4. The van der Waals surface area contributed by atoms with Crippen LogP contribution in [0.15, 0.2) is 18.2 Å². The van der Waals surface area contributed by atoms with E-state index in [1.54, 1.807) is 6.07 Å². The molecule has 1 saturated carbocycles. The van der Waals surface area contributed by atoms with Gasteiger partial charge in [0.2, 0.25) is 0 Å². The normalized spacial score (nSPS) is 28.2. The lowest BCUT2D eigenvalue weighted by molar-refractivity contribution is -0.145. The Labute approximate surface area is 308 Å². The molecule has 0 amide bonds. The maximum absolute atomic E-state index is 15.9. The summed E-state index contributed by atoms with van der Waals surface area (Å²) < 4.78 is 21.3. The molecule has 4 unspecified atom stereocenters. The van der Waals surface area contributed by atoms with E-state index in [1.165, 1.54) is 24.3 Å². The van der Waals surface area contributed by atoms with Gasteiger partial charge in [0.25, 0.3) is 0 Å². The van der Waals surface area contributed by atoms with Gasteiger partial charge in [-0.2, -0.15) is 0 Å². The van der Waals surface area contributed by atoms with Crippen LogP contribution in [0, 0.1) is 36.4 Å². The molecular weight excluding hydrogens is 473 g/mol. The lowest BCUT2D eigenvalue weighted by atomic mass is 9.69. The summed E-state index contributed by atoms with van der Waals surface area (Å²) in [6, 6.07) is 5.20. The highest BCUT2D eigenvalue weighted by atomic mass is 32.1. The minimum Gasteiger partial charge on any atom is -0.416 e. The van der Waals surface area contributed by atoms with Crippen LogP contribution in [-0.2, 0) is 21.7 Å². The van der Waals surface area contributed by atoms with Crippen molar-refractivity contribution in [2.24, 2.45) is 16.7 Å². The minimum absolute atomic E-state index is 0. The van der Waals surface area contributed by atoms with Gasteiger partial charge in [0.1, 0.15) is 11.4 Å². The van der Waals surface area contributed by atoms with E-state index in [9.17, 15) is 9.59 Å². The summed E-state index contributed by atoms with van der Waals surface area (Å²) in [7, 11) is 0. The monoisotopic (exact) mass is 634 g/mol. The maximum Gasteiger partial charge on any atom is 0.308 e. The number of halogens is 1. The van der Waals surface area contributed by atoms with E-state index in [-0.39, 0.29) is 120 Å². The van der Waals surface area contributed by atoms with Crippen molar-refractivity contribution < 1.29 is 104 Å². The van der Waals surface area contributed by atoms with Crippen LogP contribution in [0.4, 0.5) is 4.39 Å². The van der Waals surface area contributed by atoms with Crippen molar-refractivity contribution in [3.63, 3.8) is 0 Å². The molecule has 0 N–H and O–H groups in total. The van der Waals surface area contributed by atoms with Crippen LogP contribution in [0.2, 0.25) is 0 Å². The van der Waals surface area contributed by atoms with Gasteiger partial charge in [-0.25, -0.2) is 4.39 Å². The third-order valence-electron chi connectivity index (χ3n) is 10.4. The molecule has 1 aliphatic heterocycles. The third-order valence-corrected chi connectivity index (χ3v) is 11.6. The Bertz CT molecular complexity index is 1350. The number of fused-ring (bicyclic) bond motifs is 1. The first-order valence-corrected chi connectivity index (χ1v) is 13.6. The molecule has 2 aliphatic rings. The van der Waals surface area contributed by atoms with Crippen LogP contribution in [0.25, 0.3) is 0 Å². The van der Waals surface area contributed by atoms with E-state index in [4.69, 9.17) is 4.74 Å². The van der Waals surface area contributed by atoms with Crippen LogP contribution in [0.5, 0.6) is 5.06 Å². The number of esters is 1. The average Bonchev–Trinajstić information content (AvgIpc) is 3.05. The number of nitrogens with zero attached hydrogens (tertiary/aromatic N) is 1. The molecule has 0 spiro atoms. The Morgan fingerprint density at radius 1 is 1.17 bits per heavy atom. The standard InChI is InChI=1S/C30H40FNO3S.60H2/c1-16-12-13-22(31)24(17(16)2)30(11,26(34)29(10)19(4)27(29,6)7)32-15-21-14-23(35-20(5)33)36-25(21)18(3)28(32,8)9;;;;;;;;;;;;;;;;;;;;;;;;;;;;;;;;;;;;;;;;;;;;;;;;;;;;;;;;;;;;/h12-14,18-19H,15H2,1-11H3;60*1H. The quantitative estimate of drug-likeness (QED) is 0.307. The van der Waals surface area contributed by atoms with Gasteiger partial charge < -0.3 is 4.74 Å². The van der Waals surface area contributed by atoms with Crippen LogP contribution >= 0.6 is 11.3 Å². The molecule has 4 atom stereocenters. The number of hydrogen-bond acceptors (Lipinski definition) is 5. The molecule has 0 radical (unpaired) electrons. The van der Waals surface area contributed by atoms with Crippen LogP contribution in [-0.4, -0.2) is 22.2 Å². The Morgan fingerprint density at radius 2 is 1.75 bits per heavy atom. The predicted molar refractivity (Wildman–Crippen MR) is 270 cm³/mol. The number of ketones is 1. The number of hydrogen-bond donors (Lipinski definition) is 0. The second kappa shape index (κ2) is 8.22. The van der Waals surface area contributed by atoms with Gasteiger partial charge in [-0.3, -0.25) is 14.5 Å². The van der Waals surface area contributed by atoms with Crippen molar-refractivity contribution >= 4 is 23.1 Å². The number of rotatable bonds is 5. The molecule has 0 saturated heterocycles. The molecule has 4 rings (SSSR count). The number of carbonyl (C=O) groups is 2. The largest absolute Gasteiger partial charge is 0.416 e. The third kappa shape index (κ3) is 3.47. The summed E-state index contributed by atoms with van der Waals surface area (Å²) >= 11 is 1.49. The van der Waals surface area contributed by atoms with Crippen LogP contribution in [0.3, 0.4) is 0 Å². The van der Waals surface area contributed by atoms with Gasteiger partial charge in [0, 0.05) is 126 Å². The summed E-state index contributed by atoms with van der Waals surface area (Å²) in [5.41, 5.74) is 0.856. The summed E-state index contributed by atoms with van der Waals surface area (Å²) in [5.74, 6) is -0.410. The van der Waals surface area contributed by atoms with E-state index >= 15 is 4.39 Å². The fraction of sp³-hybridized carbons (Fsp3) is 0.600. The van der Waals surface area contributed by atoms with Crippen molar-refractivity contribution in [2.75, 3.05) is 0 Å². The Morgan fingerprint density at radius 3 is 2.28 bits per heavy atom. The lowest BCUT2D eigenvalue weighted by Crippen LogP contribution is -2.63. The highest BCUT2D eigenvalue weighted by molar-refractivity contribution is 7.14. The Kier molecular flexibility index (Phi) is 6.17. The van der Waals surface area contributed by atoms with Crippen molar-refractivity contribution in [1.82, 2.24) is 4.90 Å². The van der Waals surface area contributed by atoms with Crippen molar-refractivity contribution in [2.45, 2.75) is 99.7 Å². The molecule has 36 heavy (non-hydrogen) atoms. The fourth-order valence-electron chi connectivity index (χ4n) is 6.78. The van der Waals surface area contributed by atoms with Gasteiger partial charge >= 0.3 is 5.97 Å². The van der Waals surface area contributed by atoms with Crippen molar-refractivity contribution in [1.29, 1.82) is 0 Å². The number of ether oxygens (including phenoxy) is 1. The summed E-state index contributed by atoms with van der Waals surface area (Å²) in [5, 5.41) is 0.562. The fourth-order valence-corrected chi connectivity index (χ4v) is 8.08. The Balaban J connectivity index is -0.00000000461. The zero-order valence-electron chi connectivity index (χ0n) is 23.6.